The maximum atomic E-state index is 12.0. The Morgan fingerprint density at radius 1 is 1.29 bits per heavy atom. The van der Waals surface area contributed by atoms with Gasteiger partial charge in [0.05, 0.1) is 18.1 Å². The summed E-state index contributed by atoms with van der Waals surface area (Å²) in [5.41, 5.74) is 0.843. The molecule has 0 aliphatic carbocycles. The van der Waals surface area contributed by atoms with Crippen molar-refractivity contribution in [1.29, 1.82) is 0 Å². The second kappa shape index (κ2) is 7.12. The summed E-state index contributed by atoms with van der Waals surface area (Å²) < 4.78 is 1.76. The molecule has 1 N–H and O–H groups in total. The van der Waals surface area contributed by atoms with Crippen molar-refractivity contribution in [2.45, 2.75) is 26.3 Å². The molecule has 2 aromatic heterocycles. The Morgan fingerprint density at radius 2 is 2.04 bits per heavy atom. The average Bonchev–Trinajstić information content (AvgIpc) is 2.97. The third-order valence-electron chi connectivity index (χ3n) is 4.57. The number of hydrogen-bond acceptors (Lipinski definition) is 6. The summed E-state index contributed by atoms with van der Waals surface area (Å²) in [4.78, 5) is 25.2. The fraction of sp³-hybridized carbons (Fsp3) is 0.625. The zero-order chi connectivity index (χ0) is 17.1. The predicted octanol–water partition coefficient (Wildman–Crippen LogP) is 0.400. The summed E-state index contributed by atoms with van der Waals surface area (Å²) in [6.45, 7) is 7.95. The number of amides is 1. The standard InChI is InChI=1S/C16H25N7O/c1-4-12(2)20-14(24)10-22-5-7-23(8-6-22)16-13-9-19-21(3)15(13)17-11-18-16/h9,11-12H,4-8,10H2,1-3H3,(H,20,24)/t12-/m0/s1. The molecule has 0 bridgehead atoms. The molecule has 1 aliphatic heterocycles. The first-order valence-electron chi connectivity index (χ1n) is 8.48. The first-order valence-corrected chi connectivity index (χ1v) is 8.48. The van der Waals surface area contributed by atoms with Crippen molar-refractivity contribution in [3.63, 3.8) is 0 Å². The predicted molar refractivity (Wildman–Crippen MR) is 92.9 cm³/mol. The molecule has 130 valence electrons. The van der Waals surface area contributed by atoms with E-state index < -0.39 is 0 Å². The van der Waals surface area contributed by atoms with Crippen molar-refractivity contribution in [2.75, 3.05) is 37.6 Å². The van der Waals surface area contributed by atoms with E-state index in [1.807, 2.05) is 20.2 Å². The molecule has 0 aromatic carbocycles. The summed E-state index contributed by atoms with van der Waals surface area (Å²) in [6.07, 6.45) is 4.36. The molecule has 8 heteroatoms. The lowest BCUT2D eigenvalue weighted by Crippen LogP contribution is -2.50. The van der Waals surface area contributed by atoms with Gasteiger partial charge in [0.15, 0.2) is 5.65 Å². The van der Waals surface area contributed by atoms with Crippen LogP contribution in [0.2, 0.25) is 0 Å². The van der Waals surface area contributed by atoms with Crippen LogP contribution in [0.25, 0.3) is 11.0 Å². The fourth-order valence-electron chi connectivity index (χ4n) is 2.95. The lowest BCUT2D eigenvalue weighted by atomic mass is 10.2. The number of aromatic nitrogens is 4. The van der Waals surface area contributed by atoms with Crippen LogP contribution in [0.3, 0.4) is 0 Å². The molecule has 0 unspecified atom stereocenters. The molecule has 2 aromatic rings. The Hall–Kier alpha value is -2.22. The topological polar surface area (TPSA) is 79.2 Å². The Bertz CT molecular complexity index is 706. The minimum atomic E-state index is 0.106. The molecule has 8 nitrogen and oxygen atoms in total. The van der Waals surface area contributed by atoms with Gasteiger partial charge in [0, 0.05) is 39.3 Å². The van der Waals surface area contributed by atoms with Crippen molar-refractivity contribution < 1.29 is 4.79 Å². The summed E-state index contributed by atoms with van der Waals surface area (Å²) in [5.74, 6) is 1.03. The van der Waals surface area contributed by atoms with E-state index in [9.17, 15) is 4.79 Å². The van der Waals surface area contributed by atoms with Gasteiger partial charge in [-0.05, 0) is 13.3 Å². The highest BCUT2D eigenvalue weighted by Crippen LogP contribution is 2.23. The van der Waals surface area contributed by atoms with E-state index in [4.69, 9.17) is 0 Å². The number of carbonyl (C=O) groups excluding carboxylic acids is 1. The van der Waals surface area contributed by atoms with Crippen molar-refractivity contribution in [3.8, 4) is 0 Å². The lowest BCUT2D eigenvalue weighted by Gasteiger charge is -2.35. The van der Waals surface area contributed by atoms with Gasteiger partial charge in [0.2, 0.25) is 5.91 Å². The van der Waals surface area contributed by atoms with Gasteiger partial charge >= 0.3 is 0 Å². The van der Waals surface area contributed by atoms with Crippen LogP contribution in [0, 0.1) is 0 Å². The Balaban J connectivity index is 1.59. The molecule has 1 amide bonds. The Labute approximate surface area is 141 Å². The molecule has 1 aliphatic rings. The summed E-state index contributed by atoms with van der Waals surface area (Å²) >= 11 is 0. The SMILES string of the molecule is CC[C@H](C)NC(=O)CN1CCN(c2ncnc3c2cnn3C)CC1. The van der Waals surface area contributed by atoms with Crippen LogP contribution < -0.4 is 10.2 Å². The number of anilines is 1. The van der Waals surface area contributed by atoms with Gasteiger partial charge in [-0.25, -0.2) is 9.97 Å². The first-order chi connectivity index (χ1) is 11.6. The van der Waals surface area contributed by atoms with Gasteiger partial charge < -0.3 is 10.2 Å². The maximum Gasteiger partial charge on any atom is 0.234 e. The van der Waals surface area contributed by atoms with E-state index in [1.165, 1.54) is 0 Å². The van der Waals surface area contributed by atoms with E-state index >= 15 is 0 Å². The van der Waals surface area contributed by atoms with Crippen LogP contribution >= 0.6 is 0 Å². The molecule has 0 saturated carbocycles. The largest absolute Gasteiger partial charge is 0.353 e. The summed E-state index contributed by atoms with van der Waals surface area (Å²) in [5, 5.41) is 8.26. The van der Waals surface area contributed by atoms with Gasteiger partial charge in [-0.1, -0.05) is 6.92 Å². The molecule has 1 atom stereocenters. The maximum absolute atomic E-state index is 12.0. The highest BCUT2D eigenvalue weighted by Gasteiger charge is 2.22. The van der Waals surface area contributed by atoms with E-state index in [0.717, 1.165) is 49.5 Å². The molecule has 0 radical (unpaired) electrons. The first kappa shape index (κ1) is 16.6. The third kappa shape index (κ3) is 3.48. The van der Waals surface area contributed by atoms with Gasteiger partial charge in [-0.2, -0.15) is 5.10 Å². The number of nitrogens with one attached hydrogen (secondary N) is 1. The van der Waals surface area contributed by atoms with Crippen molar-refractivity contribution >= 4 is 22.8 Å². The summed E-state index contributed by atoms with van der Waals surface area (Å²) in [7, 11) is 1.88. The van der Waals surface area contributed by atoms with Crippen LogP contribution in [0.1, 0.15) is 20.3 Å². The number of nitrogens with zero attached hydrogens (tertiary/aromatic N) is 6. The molecule has 1 fully saturated rings. The van der Waals surface area contributed by atoms with Gasteiger partial charge in [0.1, 0.15) is 12.1 Å². The molecule has 0 spiro atoms. The summed E-state index contributed by atoms with van der Waals surface area (Å²) in [6, 6.07) is 0.235. The van der Waals surface area contributed by atoms with E-state index in [0.29, 0.717) is 6.54 Å². The molecular formula is C16H25N7O. The molecule has 3 heterocycles. The zero-order valence-corrected chi connectivity index (χ0v) is 14.6. The van der Waals surface area contributed by atoms with E-state index in [1.54, 1.807) is 11.0 Å². The molecule has 3 rings (SSSR count). The van der Waals surface area contributed by atoms with Crippen LogP contribution in [0.4, 0.5) is 5.82 Å². The highest BCUT2D eigenvalue weighted by molar-refractivity contribution is 5.86. The van der Waals surface area contributed by atoms with Gasteiger partial charge in [-0.3, -0.25) is 14.4 Å². The molecule has 24 heavy (non-hydrogen) atoms. The number of aryl methyl sites for hydroxylation is 1. The van der Waals surface area contributed by atoms with Gasteiger partial charge in [0.25, 0.3) is 0 Å². The number of hydrogen-bond donors (Lipinski definition) is 1. The Morgan fingerprint density at radius 3 is 2.75 bits per heavy atom. The van der Waals surface area contributed by atoms with E-state index in [-0.39, 0.29) is 11.9 Å². The van der Waals surface area contributed by atoms with Crippen LogP contribution in [0.5, 0.6) is 0 Å². The average molecular weight is 331 g/mol. The molecular weight excluding hydrogens is 306 g/mol. The number of piperazine rings is 1. The fourth-order valence-corrected chi connectivity index (χ4v) is 2.95. The van der Waals surface area contributed by atoms with Crippen LogP contribution in [-0.4, -0.2) is 69.3 Å². The minimum Gasteiger partial charge on any atom is -0.353 e. The monoisotopic (exact) mass is 331 g/mol. The number of carbonyl (C=O) groups is 1. The van der Waals surface area contributed by atoms with Crippen molar-refractivity contribution in [3.05, 3.63) is 12.5 Å². The number of fused-ring (bicyclic) bond motifs is 1. The minimum absolute atomic E-state index is 0.106. The quantitative estimate of drug-likeness (QED) is 0.854. The van der Waals surface area contributed by atoms with Crippen LogP contribution in [0.15, 0.2) is 12.5 Å². The lowest BCUT2D eigenvalue weighted by molar-refractivity contribution is -0.122. The second-order valence-corrected chi connectivity index (χ2v) is 6.34. The van der Waals surface area contributed by atoms with E-state index in [2.05, 4.69) is 37.1 Å². The second-order valence-electron chi connectivity index (χ2n) is 6.34. The normalized spacial score (nSPS) is 17.2. The smallest absolute Gasteiger partial charge is 0.234 e. The number of rotatable bonds is 5. The van der Waals surface area contributed by atoms with Crippen molar-refractivity contribution in [2.24, 2.45) is 7.05 Å². The van der Waals surface area contributed by atoms with Crippen molar-refractivity contribution in [1.82, 2.24) is 30.0 Å². The van der Waals surface area contributed by atoms with Gasteiger partial charge in [-0.15, -0.1) is 0 Å². The Kier molecular flexibility index (Phi) is 4.94. The van der Waals surface area contributed by atoms with Crippen LogP contribution in [-0.2, 0) is 11.8 Å². The highest BCUT2D eigenvalue weighted by atomic mass is 16.2. The molecule has 1 saturated heterocycles. The third-order valence-corrected chi connectivity index (χ3v) is 4.57. The zero-order valence-electron chi connectivity index (χ0n) is 14.6.